The Balaban J connectivity index is 1.48. The molecule has 4 nitrogen and oxygen atoms in total. The standard InChI is InChI=1S/C20H19N3O/c24-20(17-6-10-21-11-7-17)23-12-8-15(14-23)13-18-4-1-3-16-5-2-9-22-19(16)18/h1-7,9-11,15H,8,12-14H2/t15-/m0/s1. The molecule has 3 heterocycles. The summed E-state index contributed by atoms with van der Waals surface area (Å²) in [6.07, 6.45) is 7.19. The molecule has 0 N–H and O–H groups in total. The molecule has 0 unspecified atom stereocenters. The number of rotatable bonds is 3. The lowest BCUT2D eigenvalue weighted by Crippen LogP contribution is -2.28. The zero-order chi connectivity index (χ0) is 16.4. The third-order valence-corrected chi connectivity index (χ3v) is 4.73. The van der Waals surface area contributed by atoms with Gasteiger partial charge >= 0.3 is 0 Å². The summed E-state index contributed by atoms with van der Waals surface area (Å²) in [5.41, 5.74) is 3.08. The first kappa shape index (κ1) is 14.8. The Kier molecular flexibility index (Phi) is 3.95. The highest BCUT2D eigenvalue weighted by Crippen LogP contribution is 2.25. The predicted octanol–water partition coefficient (Wildman–Crippen LogP) is 3.33. The van der Waals surface area contributed by atoms with Gasteiger partial charge in [-0.1, -0.05) is 24.3 Å². The van der Waals surface area contributed by atoms with E-state index in [4.69, 9.17) is 0 Å². The number of benzene rings is 1. The monoisotopic (exact) mass is 317 g/mol. The van der Waals surface area contributed by atoms with Crippen LogP contribution in [0.1, 0.15) is 22.3 Å². The third-order valence-electron chi connectivity index (χ3n) is 4.73. The molecule has 1 fully saturated rings. The Labute approximate surface area is 141 Å². The van der Waals surface area contributed by atoms with Crippen molar-refractivity contribution < 1.29 is 4.79 Å². The van der Waals surface area contributed by atoms with Crippen LogP contribution < -0.4 is 0 Å². The van der Waals surface area contributed by atoms with Crippen LogP contribution in [-0.4, -0.2) is 33.9 Å². The van der Waals surface area contributed by atoms with Gasteiger partial charge in [0.2, 0.25) is 0 Å². The molecule has 3 aromatic rings. The van der Waals surface area contributed by atoms with Crippen molar-refractivity contribution in [1.29, 1.82) is 0 Å². The number of para-hydroxylation sites is 1. The fraction of sp³-hybridized carbons (Fsp3) is 0.250. The molecule has 1 aliphatic heterocycles. The van der Waals surface area contributed by atoms with Gasteiger partial charge < -0.3 is 4.90 Å². The molecule has 1 aliphatic rings. The molecule has 4 rings (SSSR count). The summed E-state index contributed by atoms with van der Waals surface area (Å²) in [5.74, 6) is 0.597. The smallest absolute Gasteiger partial charge is 0.253 e. The van der Waals surface area contributed by atoms with Crippen LogP contribution in [0.4, 0.5) is 0 Å². The van der Waals surface area contributed by atoms with Gasteiger partial charge in [0, 0.05) is 42.6 Å². The first-order valence-electron chi connectivity index (χ1n) is 8.33. The van der Waals surface area contributed by atoms with Gasteiger partial charge in [-0.05, 0) is 42.5 Å². The van der Waals surface area contributed by atoms with Crippen molar-refractivity contribution >= 4 is 16.8 Å². The van der Waals surface area contributed by atoms with E-state index in [-0.39, 0.29) is 5.91 Å². The number of nitrogens with zero attached hydrogens (tertiary/aromatic N) is 3. The van der Waals surface area contributed by atoms with E-state index in [9.17, 15) is 4.79 Å². The van der Waals surface area contributed by atoms with Gasteiger partial charge in [-0.3, -0.25) is 14.8 Å². The number of carbonyl (C=O) groups is 1. The van der Waals surface area contributed by atoms with Crippen LogP contribution in [0, 0.1) is 5.92 Å². The van der Waals surface area contributed by atoms with E-state index in [0.717, 1.165) is 37.0 Å². The van der Waals surface area contributed by atoms with Crippen molar-refractivity contribution in [2.75, 3.05) is 13.1 Å². The molecule has 120 valence electrons. The van der Waals surface area contributed by atoms with Crippen molar-refractivity contribution in [3.05, 3.63) is 72.2 Å². The van der Waals surface area contributed by atoms with Crippen LogP contribution in [0.15, 0.2) is 61.1 Å². The summed E-state index contributed by atoms with van der Waals surface area (Å²) in [6, 6.07) is 14.0. The van der Waals surface area contributed by atoms with E-state index < -0.39 is 0 Å². The van der Waals surface area contributed by atoms with E-state index in [0.29, 0.717) is 5.92 Å². The van der Waals surface area contributed by atoms with E-state index in [2.05, 4.69) is 34.2 Å². The lowest BCUT2D eigenvalue weighted by atomic mass is 9.96. The molecule has 0 spiro atoms. The number of pyridine rings is 2. The van der Waals surface area contributed by atoms with E-state index in [1.54, 1.807) is 24.5 Å². The zero-order valence-electron chi connectivity index (χ0n) is 13.4. The van der Waals surface area contributed by atoms with Crippen molar-refractivity contribution in [1.82, 2.24) is 14.9 Å². The Bertz CT molecular complexity index is 858. The maximum absolute atomic E-state index is 12.5. The van der Waals surface area contributed by atoms with Crippen molar-refractivity contribution in [3.63, 3.8) is 0 Å². The number of carbonyl (C=O) groups excluding carboxylic acids is 1. The van der Waals surface area contributed by atoms with Gasteiger partial charge in [-0.2, -0.15) is 0 Å². The quantitative estimate of drug-likeness (QED) is 0.744. The lowest BCUT2D eigenvalue weighted by Gasteiger charge is -2.17. The predicted molar refractivity (Wildman–Crippen MR) is 93.7 cm³/mol. The van der Waals surface area contributed by atoms with E-state index >= 15 is 0 Å². The Morgan fingerprint density at radius 3 is 2.79 bits per heavy atom. The highest BCUT2D eigenvalue weighted by molar-refractivity contribution is 5.94. The topological polar surface area (TPSA) is 46.1 Å². The molecular formula is C20H19N3O. The molecule has 2 aromatic heterocycles. The van der Waals surface area contributed by atoms with E-state index in [1.165, 1.54) is 10.9 Å². The Morgan fingerprint density at radius 2 is 1.92 bits per heavy atom. The summed E-state index contributed by atoms with van der Waals surface area (Å²) in [4.78, 5) is 23.0. The number of hydrogen-bond acceptors (Lipinski definition) is 3. The summed E-state index contributed by atoms with van der Waals surface area (Å²) in [5, 5.41) is 1.18. The maximum atomic E-state index is 12.5. The minimum atomic E-state index is 0.107. The zero-order valence-corrected chi connectivity index (χ0v) is 13.4. The SMILES string of the molecule is O=C(c1ccncc1)N1CC[C@@H](Cc2cccc3cccnc23)C1. The van der Waals surface area contributed by atoms with Crippen LogP contribution in [0.2, 0.25) is 0 Å². The molecular weight excluding hydrogens is 298 g/mol. The normalized spacial score (nSPS) is 17.3. The Hall–Kier alpha value is -2.75. The number of likely N-dealkylation sites (tertiary alicyclic amines) is 1. The van der Waals surface area contributed by atoms with Crippen LogP contribution in [0.5, 0.6) is 0 Å². The second-order valence-electron chi connectivity index (χ2n) is 6.34. The summed E-state index contributed by atoms with van der Waals surface area (Å²) < 4.78 is 0. The molecule has 1 saturated heterocycles. The largest absolute Gasteiger partial charge is 0.338 e. The molecule has 0 aliphatic carbocycles. The summed E-state index contributed by atoms with van der Waals surface area (Å²) in [7, 11) is 0. The third kappa shape index (κ3) is 2.87. The average molecular weight is 317 g/mol. The molecule has 0 radical (unpaired) electrons. The van der Waals surface area contributed by atoms with Gasteiger partial charge in [0.25, 0.3) is 5.91 Å². The fourth-order valence-electron chi connectivity index (χ4n) is 3.50. The number of hydrogen-bond donors (Lipinski definition) is 0. The van der Waals surface area contributed by atoms with Crippen LogP contribution in [-0.2, 0) is 6.42 Å². The van der Waals surface area contributed by atoms with Gasteiger partial charge in [0.1, 0.15) is 0 Å². The minimum Gasteiger partial charge on any atom is -0.338 e. The van der Waals surface area contributed by atoms with Crippen LogP contribution in [0.3, 0.4) is 0 Å². The van der Waals surface area contributed by atoms with Crippen molar-refractivity contribution in [2.45, 2.75) is 12.8 Å². The molecule has 0 saturated carbocycles. The lowest BCUT2D eigenvalue weighted by molar-refractivity contribution is 0.0787. The second kappa shape index (κ2) is 6.40. The highest BCUT2D eigenvalue weighted by atomic mass is 16.2. The van der Waals surface area contributed by atoms with Crippen LogP contribution in [0.25, 0.3) is 10.9 Å². The molecule has 1 atom stereocenters. The van der Waals surface area contributed by atoms with Gasteiger partial charge in [-0.15, -0.1) is 0 Å². The Morgan fingerprint density at radius 1 is 1.08 bits per heavy atom. The van der Waals surface area contributed by atoms with Crippen LogP contribution >= 0.6 is 0 Å². The molecule has 0 bridgehead atoms. The summed E-state index contributed by atoms with van der Waals surface area (Å²) >= 11 is 0. The molecule has 4 heteroatoms. The molecule has 24 heavy (non-hydrogen) atoms. The highest BCUT2D eigenvalue weighted by Gasteiger charge is 2.27. The summed E-state index contributed by atoms with van der Waals surface area (Å²) in [6.45, 7) is 1.63. The van der Waals surface area contributed by atoms with Crippen molar-refractivity contribution in [3.8, 4) is 0 Å². The van der Waals surface area contributed by atoms with E-state index in [1.807, 2.05) is 17.2 Å². The second-order valence-corrected chi connectivity index (χ2v) is 6.34. The number of aromatic nitrogens is 2. The number of fused-ring (bicyclic) bond motifs is 1. The first-order valence-corrected chi connectivity index (χ1v) is 8.33. The average Bonchev–Trinajstić information content (AvgIpc) is 3.11. The fourth-order valence-corrected chi connectivity index (χ4v) is 3.50. The van der Waals surface area contributed by atoms with Gasteiger partial charge in [-0.25, -0.2) is 0 Å². The minimum absolute atomic E-state index is 0.107. The maximum Gasteiger partial charge on any atom is 0.253 e. The van der Waals surface area contributed by atoms with Crippen molar-refractivity contribution in [2.24, 2.45) is 5.92 Å². The molecule has 1 amide bonds. The number of amides is 1. The first-order chi connectivity index (χ1) is 11.8. The van der Waals surface area contributed by atoms with Gasteiger partial charge in [0.05, 0.1) is 5.52 Å². The molecule has 1 aromatic carbocycles. The van der Waals surface area contributed by atoms with Gasteiger partial charge in [0.15, 0.2) is 0 Å².